The van der Waals surface area contributed by atoms with Crippen LogP contribution in [0.15, 0.2) is 18.2 Å². The number of anilines is 1. The van der Waals surface area contributed by atoms with Gasteiger partial charge in [0, 0.05) is 11.8 Å². The Morgan fingerprint density at radius 3 is 2.81 bits per heavy atom. The van der Waals surface area contributed by atoms with Crippen molar-refractivity contribution in [1.82, 2.24) is 5.32 Å². The topological polar surface area (TPSA) is 41.1 Å². The number of halogens is 2. The predicted molar refractivity (Wildman–Crippen MR) is 56.0 cm³/mol. The first-order valence-corrected chi connectivity index (χ1v) is 5.16. The number of carbonyl (C=O) groups excluding carboxylic acids is 1. The van der Waals surface area contributed by atoms with E-state index in [-0.39, 0.29) is 17.6 Å². The molecule has 1 aromatic rings. The Labute approximate surface area is 91.8 Å². The van der Waals surface area contributed by atoms with Gasteiger partial charge in [-0.05, 0) is 31.5 Å². The molecule has 2 N–H and O–H groups in total. The van der Waals surface area contributed by atoms with E-state index in [1.165, 1.54) is 6.07 Å². The van der Waals surface area contributed by atoms with Crippen molar-refractivity contribution in [3.63, 3.8) is 0 Å². The number of hydrogen-bond donors (Lipinski definition) is 2. The van der Waals surface area contributed by atoms with E-state index in [4.69, 9.17) is 0 Å². The summed E-state index contributed by atoms with van der Waals surface area (Å²) in [4.78, 5) is 11.6. The molecule has 0 saturated carbocycles. The largest absolute Gasteiger partial charge is 0.325 e. The number of nitrogens with one attached hydrogen (secondary N) is 2. The SMILES string of the molecule is O=C(Nc1ccc(F)c(F)c1)[C@H]1CCCN1. The highest BCUT2D eigenvalue weighted by Gasteiger charge is 2.21. The Morgan fingerprint density at radius 1 is 1.38 bits per heavy atom. The van der Waals surface area contributed by atoms with Crippen LogP contribution in [-0.2, 0) is 4.79 Å². The minimum Gasteiger partial charge on any atom is -0.325 e. The van der Waals surface area contributed by atoms with E-state index in [9.17, 15) is 13.6 Å². The van der Waals surface area contributed by atoms with Crippen LogP contribution in [0.25, 0.3) is 0 Å². The van der Waals surface area contributed by atoms with E-state index in [1.807, 2.05) is 0 Å². The summed E-state index contributed by atoms with van der Waals surface area (Å²) in [5.41, 5.74) is 0.276. The molecule has 1 saturated heterocycles. The van der Waals surface area contributed by atoms with Crippen LogP contribution in [0.1, 0.15) is 12.8 Å². The molecule has 3 nitrogen and oxygen atoms in total. The van der Waals surface area contributed by atoms with Crippen molar-refractivity contribution in [2.45, 2.75) is 18.9 Å². The van der Waals surface area contributed by atoms with E-state index in [0.29, 0.717) is 0 Å². The Kier molecular flexibility index (Phi) is 3.14. The molecule has 0 unspecified atom stereocenters. The zero-order valence-corrected chi connectivity index (χ0v) is 8.59. The average molecular weight is 226 g/mol. The summed E-state index contributed by atoms with van der Waals surface area (Å²) in [5.74, 6) is -2.09. The maximum Gasteiger partial charge on any atom is 0.241 e. The molecule has 0 spiro atoms. The highest BCUT2D eigenvalue weighted by Crippen LogP contribution is 2.14. The van der Waals surface area contributed by atoms with Gasteiger partial charge in [-0.25, -0.2) is 8.78 Å². The van der Waals surface area contributed by atoms with Crippen LogP contribution in [0.5, 0.6) is 0 Å². The smallest absolute Gasteiger partial charge is 0.241 e. The number of benzene rings is 1. The molecule has 0 aromatic heterocycles. The molecule has 1 atom stereocenters. The molecule has 2 rings (SSSR count). The standard InChI is InChI=1S/C11H12F2N2O/c12-8-4-3-7(6-9(8)13)15-11(16)10-2-1-5-14-10/h3-4,6,10,14H,1-2,5H2,(H,15,16)/t10-/m1/s1. The minimum absolute atomic E-state index is 0.205. The first-order chi connectivity index (χ1) is 7.66. The second-order valence-corrected chi connectivity index (χ2v) is 3.77. The highest BCUT2D eigenvalue weighted by molar-refractivity contribution is 5.94. The van der Waals surface area contributed by atoms with Crippen molar-refractivity contribution >= 4 is 11.6 Å². The second kappa shape index (κ2) is 4.57. The van der Waals surface area contributed by atoms with Gasteiger partial charge in [0.05, 0.1) is 6.04 Å². The number of amides is 1. The van der Waals surface area contributed by atoms with E-state index in [2.05, 4.69) is 10.6 Å². The highest BCUT2D eigenvalue weighted by atomic mass is 19.2. The number of carbonyl (C=O) groups is 1. The molecule has 1 fully saturated rings. The van der Waals surface area contributed by atoms with Gasteiger partial charge in [-0.2, -0.15) is 0 Å². The fourth-order valence-corrected chi connectivity index (χ4v) is 1.71. The maximum absolute atomic E-state index is 12.9. The molecule has 16 heavy (non-hydrogen) atoms. The van der Waals surface area contributed by atoms with Gasteiger partial charge in [0.15, 0.2) is 11.6 Å². The summed E-state index contributed by atoms with van der Waals surface area (Å²) in [6, 6.07) is 3.08. The van der Waals surface area contributed by atoms with Gasteiger partial charge >= 0.3 is 0 Å². The zero-order valence-electron chi connectivity index (χ0n) is 8.59. The van der Waals surface area contributed by atoms with Crippen molar-refractivity contribution < 1.29 is 13.6 Å². The lowest BCUT2D eigenvalue weighted by Gasteiger charge is -2.10. The fraction of sp³-hybridized carbons (Fsp3) is 0.364. The second-order valence-electron chi connectivity index (χ2n) is 3.77. The zero-order chi connectivity index (χ0) is 11.5. The quantitative estimate of drug-likeness (QED) is 0.805. The molecule has 5 heteroatoms. The monoisotopic (exact) mass is 226 g/mol. The Bertz CT molecular complexity index is 403. The molecule has 86 valence electrons. The van der Waals surface area contributed by atoms with E-state index in [1.54, 1.807) is 0 Å². The third kappa shape index (κ3) is 2.36. The summed E-state index contributed by atoms with van der Waals surface area (Å²) >= 11 is 0. The van der Waals surface area contributed by atoms with E-state index in [0.717, 1.165) is 31.5 Å². The normalized spacial score (nSPS) is 19.8. The van der Waals surface area contributed by atoms with Gasteiger partial charge in [-0.3, -0.25) is 4.79 Å². The van der Waals surface area contributed by atoms with E-state index >= 15 is 0 Å². The number of rotatable bonds is 2. The van der Waals surface area contributed by atoms with Crippen LogP contribution < -0.4 is 10.6 Å². The molecular weight excluding hydrogens is 214 g/mol. The minimum atomic E-state index is -0.961. The fourth-order valence-electron chi connectivity index (χ4n) is 1.71. The van der Waals surface area contributed by atoms with E-state index < -0.39 is 11.6 Å². The molecule has 1 amide bonds. The van der Waals surface area contributed by atoms with Crippen LogP contribution >= 0.6 is 0 Å². The third-order valence-corrected chi connectivity index (χ3v) is 2.56. The van der Waals surface area contributed by atoms with Gasteiger partial charge in [0.2, 0.25) is 5.91 Å². The van der Waals surface area contributed by atoms with Crippen molar-refractivity contribution in [2.24, 2.45) is 0 Å². The average Bonchev–Trinajstić information content (AvgIpc) is 2.77. The Hall–Kier alpha value is -1.49. The lowest BCUT2D eigenvalue weighted by atomic mass is 10.2. The van der Waals surface area contributed by atoms with Crippen molar-refractivity contribution in [3.05, 3.63) is 29.8 Å². The van der Waals surface area contributed by atoms with Crippen LogP contribution in [0.3, 0.4) is 0 Å². The summed E-state index contributed by atoms with van der Waals surface area (Å²) in [7, 11) is 0. The molecule has 0 bridgehead atoms. The Balaban J connectivity index is 2.02. The predicted octanol–water partition coefficient (Wildman–Crippen LogP) is 1.66. The van der Waals surface area contributed by atoms with Crippen molar-refractivity contribution in [3.8, 4) is 0 Å². The molecule has 1 aliphatic rings. The summed E-state index contributed by atoms with van der Waals surface area (Å²) in [5, 5.41) is 5.57. The molecule has 1 aliphatic heterocycles. The van der Waals surface area contributed by atoms with Gasteiger partial charge in [-0.15, -0.1) is 0 Å². The summed E-state index contributed by atoms with van der Waals surface area (Å²) in [6.45, 7) is 0.815. The molecule has 0 aliphatic carbocycles. The van der Waals surface area contributed by atoms with Crippen molar-refractivity contribution in [1.29, 1.82) is 0 Å². The first kappa shape index (κ1) is 11.0. The Morgan fingerprint density at radius 2 is 2.19 bits per heavy atom. The lowest BCUT2D eigenvalue weighted by molar-refractivity contribution is -0.117. The summed E-state index contributed by atoms with van der Waals surface area (Å²) < 4.78 is 25.5. The van der Waals surface area contributed by atoms with Gasteiger partial charge in [0.25, 0.3) is 0 Å². The van der Waals surface area contributed by atoms with Crippen LogP contribution in [0.4, 0.5) is 14.5 Å². The summed E-state index contributed by atoms with van der Waals surface area (Å²) in [6.07, 6.45) is 1.73. The van der Waals surface area contributed by atoms with Gasteiger partial charge < -0.3 is 10.6 Å². The van der Waals surface area contributed by atoms with Crippen molar-refractivity contribution in [2.75, 3.05) is 11.9 Å². The maximum atomic E-state index is 12.9. The van der Waals surface area contributed by atoms with Crippen LogP contribution in [0.2, 0.25) is 0 Å². The van der Waals surface area contributed by atoms with Gasteiger partial charge in [-0.1, -0.05) is 0 Å². The third-order valence-electron chi connectivity index (χ3n) is 2.56. The van der Waals surface area contributed by atoms with Crippen LogP contribution in [0, 0.1) is 11.6 Å². The van der Waals surface area contributed by atoms with Crippen LogP contribution in [-0.4, -0.2) is 18.5 Å². The molecule has 0 radical (unpaired) electrons. The molecular formula is C11H12F2N2O. The first-order valence-electron chi connectivity index (χ1n) is 5.16. The molecule has 1 heterocycles. The number of hydrogen-bond acceptors (Lipinski definition) is 2. The molecule has 1 aromatic carbocycles. The lowest BCUT2D eigenvalue weighted by Crippen LogP contribution is -2.35. The van der Waals surface area contributed by atoms with Gasteiger partial charge in [0.1, 0.15) is 0 Å².